The smallest absolute Gasteiger partial charge is 0.309 e. The lowest BCUT2D eigenvalue weighted by atomic mass is 9.95. The molecule has 0 bridgehead atoms. The number of halogens is 2. The van der Waals surface area contributed by atoms with Crippen molar-refractivity contribution < 1.29 is 23.5 Å². The molecule has 30 heavy (non-hydrogen) atoms. The highest BCUT2D eigenvalue weighted by Gasteiger charge is 2.46. The number of ether oxygens (including phenoxy) is 2. The van der Waals surface area contributed by atoms with E-state index in [4.69, 9.17) is 21.1 Å². The van der Waals surface area contributed by atoms with E-state index in [0.29, 0.717) is 29.2 Å². The van der Waals surface area contributed by atoms with Gasteiger partial charge < -0.3 is 20.1 Å². The summed E-state index contributed by atoms with van der Waals surface area (Å²) in [4.78, 5) is 24.4. The minimum atomic E-state index is -1.54. The largest absolute Gasteiger partial charge is 0.416 e. The number of nitrogens with one attached hydrogen (secondary N) is 2. The van der Waals surface area contributed by atoms with Gasteiger partial charge in [0.05, 0.1) is 30.1 Å². The average molecular weight is 433 g/mol. The summed E-state index contributed by atoms with van der Waals surface area (Å²) in [5.74, 6) is -2.85. The van der Waals surface area contributed by atoms with Crippen LogP contribution in [-0.4, -0.2) is 25.0 Å². The van der Waals surface area contributed by atoms with Crippen molar-refractivity contribution in [2.24, 2.45) is 0 Å². The van der Waals surface area contributed by atoms with E-state index in [2.05, 4.69) is 10.6 Å². The fourth-order valence-electron chi connectivity index (χ4n) is 3.91. The number of fused-ring (bicyclic) bond motifs is 2. The Hall–Kier alpha value is -2.64. The van der Waals surface area contributed by atoms with E-state index in [-0.39, 0.29) is 31.2 Å². The number of hydrogen-bond donors (Lipinski definition) is 2. The van der Waals surface area contributed by atoms with Crippen LogP contribution in [0.15, 0.2) is 36.4 Å². The van der Waals surface area contributed by atoms with Gasteiger partial charge in [0.15, 0.2) is 0 Å². The number of carbonyl (C=O) groups is 2. The summed E-state index contributed by atoms with van der Waals surface area (Å²) in [7, 11) is 0. The van der Waals surface area contributed by atoms with Crippen LogP contribution in [0.25, 0.3) is 0 Å². The van der Waals surface area contributed by atoms with Crippen molar-refractivity contribution in [2.45, 2.75) is 38.0 Å². The maximum atomic E-state index is 13.7. The molecule has 0 saturated carbocycles. The first-order chi connectivity index (χ1) is 14.4. The molecule has 2 N–H and O–H groups in total. The summed E-state index contributed by atoms with van der Waals surface area (Å²) in [6.07, 6.45) is 0.529. The molecule has 0 aliphatic carbocycles. The lowest BCUT2D eigenvalue weighted by Gasteiger charge is -2.32. The third-order valence-electron chi connectivity index (χ3n) is 5.38. The van der Waals surface area contributed by atoms with Gasteiger partial charge in [-0.3, -0.25) is 9.59 Å². The van der Waals surface area contributed by atoms with E-state index in [9.17, 15) is 14.0 Å². The molecule has 2 heterocycles. The van der Waals surface area contributed by atoms with Crippen LogP contribution in [0.1, 0.15) is 42.5 Å². The summed E-state index contributed by atoms with van der Waals surface area (Å²) in [6.45, 7) is 2.63. The number of esters is 2. The number of rotatable bonds is 3. The lowest BCUT2D eigenvalue weighted by Crippen LogP contribution is -2.43. The van der Waals surface area contributed by atoms with Crippen LogP contribution in [0, 0.1) is 5.82 Å². The highest BCUT2D eigenvalue weighted by molar-refractivity contribution is 6.33. The van der Waals surface area contributed by atoms with Gasteiger partial charge in [-0.2, -0.15) is 0 Å². The first-order valence-corrected chi connectivity index (χ1v) is 10.2. The third kappa shape index (κ3) is 4.00. The second kappa shape index (κ2) is 8.24. The van der Waals surface area contributed by atoms with E-state index >= 15 is 0 Å². The topological polar surface area (TPSA) is 76.7 Å². The summed E-state index contributed by atoms with van der Waals surface area (Å²) < 4.78 is 25.0. The Morgan fingerprint density at radius 1 is 1.13 bits per heavy atom. The Kier molecular flexibility index (Phi) is 5.66. The van der Waals surface area contributed by atoms with Gasteiger partial charge in [0.2, 0.25) is 0 Å². The van der Waals surface area contributed by atoms with E-state index in [1.54, 1.807) is 18.2 Å². The summed E-state index contributed by atoms with van der Waals surface area (Å²) in [5, 5.41) is 7.02. The maximum Gasteiger partial charge on any atom is 0.309 e. The molecule has 1 atom stereocenters. The van der Waals surface area contributed by atoms with Gasteiger partial charge >= 0.3 is 11.9 Å². The molecule has 1 saturated heterocycles. The fourth-order valence-corrected chi connectivity index (χ4v) is 4.14. The van der Waals surface area contributed by atoms with Gasteiger partial charge in [-0.25, -0.2) is 4.39 Å². The third-order valence-corrected chi connectivity index (χ3v) is 5.70. The van der Waals surface area contributed by atoms with Crippen molar-refractivity contribution in [1.82, 2.24) is 5.32 Å². The lowest BCUT2D eigenvalue weighted by molar-refractivity contribution is -0.225. The van der Waals surface area contributed by atoms with Crippen molar-refractivity contribution in [3.05, 3.63) is 63.9 Å². The van der Waals surface area contributed by atoms with Crippen molar-refractivity contribution in [1.29, 1.82) is 0 Å². The van der Waals surface area contributed by atoms with Crippen molar-refractivity contribution >= 4 is 29.2 Å². The number of hydrogen-bond acceptors (Lipinski definition) is 6. The van der Waals surface area contributed by atoms with E-state index < -0.39 is 17.7 Å². The second-order valence-electron chi connectivity index (χ2n) is 7.50. The van der Waals surface area contributed by atoms with Crippen LogP contribution in [0.2, 0.25) is 5.02 Å². The molecular formula is C22H22ClFN2O4. The van der Waals surface area contributed by atoms with Gasteiger partial charge in [-0.15, -0.1) is 0 Å². The van der Waals surface area contributed by atoms with Crippen LogP contribution in [0.3, 0.4) is 0 Å². The predicted octanol–water partition coefficient (Wildman–Crippen LogP) is 3.83. The van der Waals surface area contributed by atoms with Crippen molar-refractivity contribution in [3.8, 4) is 0 Å². The minimum absolute atomic E-state index is 0.0226. The monoisotopic (exact) mass is 432 g/mol. The number of carbonyl (C=O) groups excluding carboxylic acids is 2. The quantitative estimate of drug-likeness (QED) is 0.718. The Labute approximate surface area is 178 Å². The molecule has 8 heteroatoms. The molecule has 4 rings (SSSR count). The zero-order valence-corrected chi connectivity index (χ0v) is 17.2. The van der Waals surface area contributed by atoms with Gasteiger partial charge in [0.1, 0.15) is 5.82 Å². The SMILES string of the molecule is CC(Nc1c(Cl)ccc2c1CCNCC21OC(=O)CCC(=O)O1)c1cccc(F)c1. The number of anilines is 1. The van der Waals surface area contributed by atoms with Gasteiger partial charge in [0, 0.05) is 11.6 Å². The van der Waals surface area contributed by atoms with Crippen LogP contribution >= 0.6 is 11.6 Å². The number of benzene rings is 2. The van der Waals surface area contributed by atoms with E-state index in [1.165, 1.54) is 12.1 Å². The molecule has 2 aromatic rings. The zero-order chi connectivity index (χ0) is 21.3. The molecule has 0 aromatic heterocycles. The maximum absolute atomic E-state index is 13.7. The normalized spacial score (nSPS) is 19.2. The molecule has 2 aromatic carbocycles. The Morgan fingerprint density at radius 3 is 2.57 bits per heavy atom. The molecule has 2 aliphatic heterocycles. The van der Waals surface area contributed by atoms with Crippen LogP contribution in [0.4, 0.5) is 10.1 Å². The molecule has 1 spiro atoms. The predicted molar refractivity (Wildman–Crippen MR) is 110 cm³/mol. The zero-order valence-electron chi connectivity index (χ0n) is 16.5. The second-order valence-corrected chi connectivity index (χ2v) is 7.90. The summed E-state index contributed by atoms with van der Waals surface area (Å²) in [5.41, 5.74) is 2.77. The molecule has 0 amide bonds. The van der Waals surface area contributed by atoms with Gasteiger partial charge in [-0.1, -0.05) is 23.7 Å². The molecule has 158 valence electrons. The first-order valence-electron chi connectivity index (χ1n) is 9.86. The van der Waals surface area contributed by atoms with Gasteiger partial charge in [-0.05, 0) is 55.3 Å². The summed E-state index contributed by atoms with van der Waals surface area (Å²) >= 11 is 6.52. The highest BCUT2D eigenvalue weighted by Crippen LogP contribution is 2.41. The Bertz CT molecular complexity index is 979. The standard InChI is InChI=1S/C22H22ClFN2O4/c1-13(14-3-2-4-15(24)11-14)26-21-16-9-10-25-12-22(17(16)5-6-18(21)23)29-19(27)7-8-20(28)30-22/h2-6,11,13,25-26H,7-10,12H2,1H3. The molecule has 6 nitrogen and oxygen atoms in total. The van der Waals surface area contributed by atoms with Gasteiger partial charge in [0.25, 0.3) is 5.79 Å². The van der Waals surface area contributed by atoms with Crippen molar-refractivity contribution in [3.63, 3.8) is 0 Å². The van der Waals surface area contributed by atoms with Crippen molar-refractivity contribution in [2.75, 3.05) is 18.4 Å². The molecule has 2 aliphatic rings. The molecule has 1 unspecified atom stereocenters. The first kappa shape index (κ1) is 20.6. The van der Waals surface area contributed by atoms with Crippen LogP contribution < -0.4 is 10.6 Å². The van der Waals surface area contributed by atoms with Crippen LogP contribution in [0.5, 0.6) is 0 Å². The summed E-state index contributed by atoms with van der Waals surface area (Å²) in [6, 6.07) is 9.51. The van der Waals surface area contributed by atoms with E-state index in [1.807, 2.05) is 13.0 Å². The average Bonchev–Trinajstić information content (AvgIpc) is 2.97. The Morgan fingerprint density at radius 2 is 1.87 bits per heavy atom. The fraction of sp³-hybridized carbons (Fsp3) is 0.364. The Balaban J connectivity index is 1.77. The highest BCUT2D eigenvalue weighted by atomic mass is 35.5. The molecular weight excluding hydrogens is 411 g/mol. The minimum Gasteiger partial charge on any atom is -0.416 e. The molecule has 1 fully saturated rings. The molecule has 0 radical (unpaired) electrons. The van der Waals surface area contributed by atoms with Crippen LogP contribution in [-0.2, 0) is 31.3 Å². The van der Waals surface area contributed by atoms with E-state index in [0.717, 1.165) is 11.1 Å².